The highest BCUT2D eigenvalue weighted by Crippen LogP contribution is 2.40. The van der Waals surface area contributed by atoms with E-state index in [0.717, 1.165) is 0 Å². The molecule has 2 aliphatic rings. The molecule has 0 radical (unpaired) electrons. The number of hydrogen-bond acceptors (Lipinski definition) is 7. The molecule has 1 unspecified atom stereocenters. The molecule has 10 nitrogen and oxygen atoms in total. The lowest BCUT2D eigenvalue weighted by Crippen LogP contribution is -2.39. The number of nitrogens with zero attached hydrogens (tertiary/aromatic N) is 3. The number of aromatic nitrogens is 4. The number of sulfone groups is 1. The largest absolute Gasteiger partial charge is 0.447 e. The molecule has 1 aromatic carbocycles. The Morgan fingerprint density at radius 1 is 1.08 bits per heavy atom. The average molecular weight is 563 g/mol. The molecule has 14 heteroatoms. The van der Waals surface area contributed by atoms with Gasteiger partial charge in [-0.1, -0.05) is 18.2 Å². The summed E-state index contributed by atoms with van der Waals surface area (Å²) in [5.74, 6) is 0.419. The number of amides is 1. The molecule has 4 aromatic rings. The highest BCUT2D eigenvalue weighted by molar-refractivity contribution is 7.91. The normalized spacial score (nSPS) is 22.3. The maximum Gasteiger partial charge on any atom is 0.407 e. The molecule has 1 aliphatic heterocycles. The number of carbonyl (C=O) groups excluding carboxylic acids is 1. The fourth-order valence-electron chi connectivity index (χ4n) is 5.49. The van der Waals surface area contributed by atoms with Crippen LogP contribution >= 0.6 is 0 Å². The predicted octanol–water partition coefficient (Wildman–Crippen LogP) is 4.16. The van der Waals surface area contributed by atoms with Crippen molar-refractivity contribution in [3.8, 4) is 0 Å². The molecular weight excluding hydrogens is 537 g/mol. The number of alkyl carbamates (subject to hydrolysis) is 1. The summed E-state index contributed by atoms with van der Waals surface area (Å²) in [5.41, 5.74) is 1.06. The summed E-state index contributed by atoms with van der Waals surface area (Å²) in [6, 6.07) is 8.60. The molecule has 1 saturated carbocycles. The van der Waals surface area contributed by atoms with Gasteiger partial charge in [0.15, 0.2) is 5.03 Å². The highest BCUT2D eigenvalue weighted by atomic mass is 32.2. The zero-order valence-electron chi connectivity index (χ0n) is 20.5. The molecule has 1 amide bonds. The van der Waals surface area contributed by atoms with Gasteiger partial charge in [0.25, 0.3) is 0 Å². The van der Waals surface area contributed by atoms with E-state index in [4.69, 9.17) is 9.72 Å². The summed E-state index contributed by atoms with van der Waals surface area (Å²) in [6.07, 6.45) is -1.20. The second-order valence-corrected chi connectivity index (χ2v) is 11.7. The molecule has 4 heterocycles. The molecule has 1 atom stereocenters. The topological polar surface area (TPSA) is 131 Å². The van der Waals surface area contributed by atoms with Gasteiger partial charge in [0.05, 0.1) is 17.0 Å². The third-order valence-electron chi connectivity index (χ3n) is 7.28. The Kier molecular flexibility index (Phi) is 6.25. The summed E-state index contributed by atoms with van der Waals surface area (Å²) in [6.45, 7) is -1.04. The zero-order chi connectivity index (χ0) is 27.4. The van der Waals surface area contributed by atoms with Crippen LogP contribution in [-0.4, -0.2) is 59.4 Å². The van der Waals surface area contributed by atoms with Gasteiger partial charge < -0.3 is 24.9 Å². The number of fused-ring (bicyclic) bond motifs is 3. The molecule has 6 rings (SSSR count). The number of hydrogen-bond donors (Lipinski definition) is 3. The maximum atomic E-state index is 13.8. The van der Waals surface area contributed by atoms with Crippen LogP contribution < -0.4 is 10.6 Å². The van der Waals surface area contributed by atoms with Gasteiger partial charge in [-0.25, -0.2) is 23.2 Å². The molecule has 1 aliphatic carbocycles. The van der Waals surface area contributed by atoms with Gasteiger partial charge in [-0.2, -0.15) is 13.2 Å². The summed E-state index contributed by atoms with van der Waals surface area (Å²) in [5, 5.41) is 5.75. The van der Waals surface area contributed by atoms with Crippen molar-refractivity contribution in [1.29, 1.82) is 0 Å². The summed E-state index contributed by atoms with van der Waals surface area (Å²) >= 11 is 0. The monoisotopic (exact) mass is 562 g/mol. The van der Waals surface area contributed by atoms with Crippen LogP contribution in [-0.2, 0) is 14.6 Å². The number of ether oxygens (including phenoxy) is 1. The van der Waals surface area contributed by atoms with Crippen LogP contribution in [0.15, 0.2) is 52.5 Å². The smallest absolute Gasteiger partial charge is 0.407 e. The first-order valence-electron chi connectivity index (χ1n) is 12.5. The fraction of sp³-hybridized carbons (Fsp3) is 0.400. The van der Waals surface area contributed by atoms with Gasteiger partial charge in [0.2, 0.25) is 9.84 Å². The minimum absolute atomic E-state index is 0.00904. The second-order valence-electron chi connectivity index (χ2n) is 9.81. The van der Waals surface area contributed by atoms with Crippen molar-refractivity contribution < 1.29 is 31.1 Å². The number of aromatic amines is 1. The number of benzene rings is 1. The summed E-state index contributed by atoms with van der Waals surface area (Å²) in [4.78, 5) is 24.2. The van der Waals surface area contributed by atoms with Gasteiger partial charge in [-0.15, -0.1) is 0 Å². The van der Waals surface area contributed by atoms with E-state index in [9.17, 15) is 26.4 Å². The lowest BCUT2D eigenvalue weighted by atomic mass is 9.90. The number of rotatable bonds is 6. The van der Waals surface area contributed by atoms with E-state index in [0.29, 0.717) is 48.1 Å². The van der Waals surface area contributed by atoms with E-state index in [1.807, 2.05) is 4.57 Å². The number of carbonyl (C=O) groups is 1. The minimum Gasteiger partial charge on any atom is -0.447 e. The lowest BCUT2D eigenvalue weighted by molar-refractivity contribution is -0.126. The van der Waals surface area contributed by atoms with E-state index in [-0.39, 0.29) is 34.1 Å². The molecular formula is C25H25F3N6O4S. The summed E-state index contributed by atoms with van der Waals surface area (Å²) < 4.78 is 72.8. The zero-order valence-corrected chi connectivity index (χ0v) is 21.3. The Labute approximate surface area is 220 Å². The van der Waals surface area contributed by atoms with Crippen LogP contribution in [0.4, 0.5) is 18.0 Å². The first kappa shape index (κ1) is 25.6. The Morgan fingerprint density at radius 3 is 2.49 bits per heavy atom. The second kappa shape index (κ2) is 9.52. The van der Waals surface area contributed by atoms with Crippen LogP contribution in [0.1, 0.15) is 43.6 Å². The van der Waals surface area contributed by atoms with Crippen LogP contribution in [0.3, 0.4) is 0 Å². The first-order chi connectivity index (χ1) is 18.6. The molecule has 3 aromatic heterocycles. The summed E-state index contributed by atoms with van der Waals surface area (Å²) in [7, 11) is -4.08. The van der Waals surface area contributed by atoms with Crippen molar-refractivity contribution in [2.75, 3.05) is 13.2 Å². The maximum absolute atomic E-state index is 13.8. The molecule has 0 bridgehead atoms. The standard InChI is InChI=1S/C25H25F3N6O4S/c26-25(27,28)13-30-14-6-8-15(9-7-14)34-20-17-10-11-29-21(17)33-23(39(36,37)16-4-2-1-3-5-16)19(20)32-22(34)18-12-38-24(35)31-18/h1-5,10-11,14-15,18,30H,6-9,12-13H2,(H,29,33)(H,31,35). The van der Waals surface area contributed by atoms with Crippen molar-refractivity contribution in [3.63, 3.8) is 0 Å². The molecule has 2 fully saturated rings. The van der Waals surface area contributed by atoms with E-state index in [2.05, 4.69) is 20.6 Å². The van der Waals surface area contributed by atoms with E-state index < -0.39 is 34.7 Å². The van der Waals surface area contributed by atoms with Crippen molar-refractivity contribution in [2.24, 2.45) is 0 Å². The van der Waals surface area contributed by atoms with E-state index >= 15 is 0 Å². The lowest BCUT2D eigenvalue weighted by Gasteiger charge is -2.32. The van der Waals surface area contributed by atoms with Gasteiger partial charge in [0, 0.05) is 23.7 Å². The molecule has 206 valence electrons. The van der Waals surface area contributed by atoms with Crippen LogP contribution in [0.25, 0.3) is 22.1 Å². The fourth-order valence-corrected chi connectivity index (χ4v) is 6.84. The molecule has 1 saturated heterocycles. The Morgan fingerprint density at radius 2 is 1.82 bits per heavy atom. The van der Waals surface area contributed by atoms with Crippen LogP contribution in [0, 0.1) is 0 Å². The quantitative estimate of drug-likeness (QED) is 0.322. The van der Waals surface area contributed by atoms with Crippen LogP contribution in [0.2, 0.25) is 0 Å². The number of nitrogens with one attached hydrogen (secondary N) is 3. The van der Waals surface area contributed by atoms with E-state index in [1.54, 1.807) is 30.5 Å². The van der Waals surface area contributed by atoms with Crippen molar-refractivity contribution in [1.82, 2.24) is 30.2 Å². The highest BCUT2D eigenvalue weighted by Gasteiger charge is 2.37. The molecule has 39 heavy (non-hydrogen) atoms. The first-order valence-corrected chi connectivity index (χ1v) is 14.0. The van der Waals surface area contributed by atoms with Crippen LogP contribution in [0.5, 0.6) is 0 Å². The average Bonchev–Trinajstić information content (AvgIpc) is 3.65. The van der Waals surface area contributed by atoms with E-state index in [1.165, 1.54) is 12.1 Å². The number of cyclic esters (lactones) is 1. The van der Waals surface area contributed by atoms with Gasteiger partial charge >= 0.3 is 12.3 Å². The number of halogens is 3. The Hall–Kier alpha value is -3.65. The van der Waals surface area contributed by atoms with Gasteiger partial charge in [0.1, 0.15) is 29.6 Å². The minimum atomic E-state index is -4.29. The third-order valence-corrected chi connectivity index (χ3v) is 8.97. The number of imidazole rings is 1. The van der Waals surface area contributed by atoms with Crippen molar-refractivity contribution in [2.45, 2.75) is 59.9 Å². The predicted molar refractivity (Wildman–Crippen MR) is 134 cm³/mol. The van der Waals surface area contributed by atoms with Crippen molar-refractivity contribution >= 4 is 38.0 Å². The molecule has 0 spiro atoms. The van der Waals surface area contributed by atoms with Gasteiger partial charge in [-0.3, -0.25) is 0 Å². The number of alkyl halides is 3. The van der Waals surface area contributed by atoms with Crippen molar-refractivity contribution in [3.05, 3.63) is 48.4 Å². The van der Waals surface area contributed by atoms with Gasteiger partial charge in [-0.05, 0) is 43.9 Å². The Balaban J connectivity index is 1.49. The Bertz CT molecular complexity index is 1640. The third kappa shape index (κ3) is 4.71. The number of H-pyrrole nitrogens is 1. The SMILES string of the molecule is O=C1NC(c2nc3c(S(=O)(=O)c4ccccc4)nc4[nH]ccc4c3n2C2CCC(NCC(F)(F)F)CC2)CO1. The number of pyridine rings is 1. The molecule has 3 N–H and O–H groups in total.